The molecule has 0 spiro atoms. The van der Waals surface area contributed by atoms with Crippen molar-refractivity contribution in [3.8, 4) is 0 Å². The number of hydrogen-bond donors (Lipinski definition) is 4. The van der Waals surface area contributed by atoms with Crippen molar-refractivity contribution in [2.45, 2.75) is 88.8 Å². The molecule has 8 nitrogen and oxygen atoms in total. The molecule has 1 heterocycles. The number of benzene rings is 1. The van der Waals surface area contributed by atoms with Gasteiger partial charge in [0.25, 0.3) is 0 Å². The summed E-state index contributed by atoms with van der Waals surface area (Å²) in [6.07, 6.45) is 7.60. The van der Waals surface area contributed by atoms with E-state index in [9.17, 15) is 24.6 Å². The SMILES string of the molecule is NCCCCC(N[C@@H](CCc1ccccc1)C(=O)O)C(=O)N1CCCCCCC[C@H]1C(=O)O. The number of nitrogens with zero attached hydrogens (tertiary/aromatic N) is 1. The molecule has 5 N–H and O–H groups in total. The quantitative estimate of drug-likeness (QED) is 0.352. The minimum Gasteiger partial charge on any atom is -0.480 e. The van der Waals surface area contributed by atoms with E-state index in [4.69, 9.17) is 5.73 Å². The molecule has 0 saturated carbocycles. The summed E-state index contributed by atoms with van der Waals surface area (Å²) in [4.78, 5) is 39.1. The summed E-state index contributed by atoms with van der Waals surface area (Å²) < 4.78 is 0. The fourth-order valence-corrected chi connectivity index (χ4v) is 4.43. The van der Waals surface area contributed by atoms with Crippen LogP contribution in [0.4, 0.5) is 0 Å². The van der Waals surface area contributed by atoms with E-state index in [1.807, 2.05) is 30.3 Å². The Labute approximate surface area is 196 Å². The van der Waals surface area contributed by atoms with Crippen LogP contribution in [0.15, 0.2) is 30.3 Å². The number of hydrogen-bond acceptors (Lipinski definition) is 5. The molecule has 1 aliphatic heterocycles. The van der Waals surface area contributed by atoms with Crippen molar-refractivity contribution in [2.24, 2.45) is 5.73 Å². The molecule has 8 heteroatoms. The van der Waals surface area contributed by atoms with E-state index < -0.39 is 30.1 Å². The molecule has 1 amide bonds. The second-order valence-corrected chi connectivity index (χ2v) is 8.86. The second kappa shape index (κ2) is 14.6. The zero-order chi connectivity index (χ0) is 24.1. The molecule has 0 aromatic heterocycles. The van der Waals surface area contributed by atoms with Gasteiger partial charge >= 0.3 is 11.9 Å². The first-order valence-corrected chi connectivity index (χ1v) is 12.2. The Hall–Kier alpha value is -2.45. The highest BCUT2D eigenvalue weighted by Gasteiger charge is 2.35. The largest absolute Gasteiger partial charge is 0.480 e. The monoisotopic (exact) mass is 461 g/mol. The van der Waals surface area contributed by atoms with E-state index in [1.165, 1.54) is 4.90 Å². The molecule has 184 valence electrons. The van der Waals surface area contributed by atoms with Crippen molar-refractivity contribution >= 4 is 17.8 Å². The number of carbonyl (C=O) groups is 3. The van der Waals surface area contributed by atoms with Gasteiger partial charge in [-0.1, -0.05) is 62.4 Å². The summed E-state index contributed by atoms with van der Waals surface area (Å²) >= 11 is 0. The molecule has 3 atom stereocenters. The van der Waals surface area contributed by atoms with Gasteiger partial charge in [-0.3, -0.25) is 14.9 Å². The van der Waals surface area contributed by atoms with Crippen molar-refractivity contribution in [3.05, 3.63) is 35.9 Å². The van der Waals surface area contributed by atoms with Crippen molar-refractivity contribution in [1.82, 2.24) is 10.2 Å². The standard InChI is InChI=1S/C25H39N3O5/c26-17-9-8-13-20(27-21(24(30)31)16-15-19-11-5-4-6-12-19)23(29)28-18-10-3-1-2-7-14-22(28)25(32)33/h4-6,11-12,20-22,27H,1-3,7-10,13-18,26H2,(H,30,31)(H,32,33)/t20?,21-,22-/m0/s1. The average molecular weight is 462 g/mol. The van der Waals surface area contributed by atoms with Crippen molar-refractivity contribution in [2.75, 3.05) is 13.1 Å². The molecular formula is C25H39N3O5. The third kappa shape index (κ3) is 9.14. The summed E-state index contributed by atoms with van der Waals surface area (Å²) in [6, 6.07) is 7.10. The molecule has 1 fully saturated rings. The summed E-state index contributed by atoms with van der Waals surface area (Å²) in [6.45, 7) is 0.866. The summed E-state index contributed by atoms with van der Waals surface area (Å²) in [5.41, 5.74) is 6.65. The van der Waals surface area contributed by atoms with Crippen LogP contribution in [0.25, 0.3) is 0 Å². The fourth-order valence-electron chi connectivity index (χ4n) is 4.43. The first-order chi connectivity index (χ1) is 15.9. The summed E-state index contributed by atoms with van der Waals surface area (Å²) in [5, 5.41) is 22.7. The second-order valence-electron chi connectivity index (χ2n) is 8.86. The normalized spacial score (nSPS) is 19.1. The summed E-state index contributed by atoms with van der Waals surface area (Å²) in [5.74, 6) is -2.32. The predicted octanol–water partition coefficient (Wildman–Crippen LogP) is 2.80. The number of rotatable bonds is 12. The molecule has 0 bridgehead atoms. The molecule has 33 heavy (non-hydrogen) atoms. The van der Waals surface area contributed by atoms with E-state index in [0.29, 0.717) is 45.2 Å². The Morgan fingerprint density at radius 3 is 2.33 bits per heavy atom. The maximum atomic E-state index is 13.6. The molecule has 0 aliphatic carbocycles. The Balaban J connectivity index is 2.18. The number of aliphatic carboxylic acids is 2. The van der Waals surface area contributed by atoms with Crippen LogP contribution in [0.2, 0.25) is 0 Å². The smallest absolute Gasteiger partial charge is 0.326 e. The lowest BCUT2D eigenvalue weighted by atomic mass is 10.0. The van der Waals surface area contributed by atoms with E-state index in [0.717, 1.165) is 44.1 Å². The highest BCUT2D eigenvalue weighted by Crippen LogP contribution is 2.20. The van der Waals surface area contributed by atoms with E-state index >= 15 is 0 Å². The van der Waals surface area contributed by atoms with Crippen molar-refractivity contribution in [1.29, 1.82) is 0 Å². The zero-order valence-corrected chi connectivity index (χ0v) is 19.5. The van der Waals surface area contributed by atoms with Gasteiger partial charge in [0.2, 0.25) is 5.91 Å². The molecule has 0 radical (unpaired) electrons. The lowest BCUT2D eigenvalue weighted by molar-refractivity contribution is -0.152. The Kier molecular flexibility index (Phi) is 11.9. The number of amides is 1. The van der Waals surface area contributed by atoms with Gasteiger partial charge in [-0.25, -0.2) is 4.79 Å². The maximum Gasteiger partial charge on any atom is 0.326 e. The first-order valence-electron chi connectivity index (χ1n) is 12.2. The highest BCUT2D eigenvalue weighted by molar-refractivity contribution is 5.87. The van der Waals surface area contributed by atoms with Crippen LogP contribution in [0.1, 0.15) is 69.8 Å². The van der Waals surface area contributed by atoms with Crippen LogP contribution in [0, 0.1) is 0 Å². The van der Waals surface area contributed by atoms with Gasteiger partial charge in [-0.15, -0.1) is 0 Å². The van der Waals surface area contributed by atoms with Crippen LogP contribution in [-0.2, 0) is 20.8 Å². The first kappa shape index (κ1) is 26.8. The van der Waals surface area contributed by atoms with E-state index in [2.05, 4.69) is 5.32 Å². The minimum atomic E-state index is -1.01. The number of carboxylic acids is 2. The van der Waals surface area contributed by atoms with Crippen molar-refractivity contribution < 1.29 is 24.6 Å². The molecule has 1 aromatic rings. The molecule has 1 saturated heterocycles. The number of nitrogens with one attached hydrogen (secondary N) is 1. The van der Waals surface area contributed by atoms with Crippen molar-refractivity contribution in [3.63, 3.8) is 0 Å². The molecule has 1 aliphatic rings. The lowest BCUT2D eigenvalue weighted by Gasteiger charge is -2.33. The highest BCUT2D eigenvalue weighted by atomic mass is 16.4. The summed E-state index contributed by atoms with van der Waals surface area (Å²) in [7, 11) is 0. The van der Waals surface area contributed by atoms with Gasteiger partial charge in [0.1, 0.15) is 12.1 Å². The zero-order valence-electron chi connectivity index (χ0n) is 19.5. The van der Waals surface area contributed by atoms with Gasteiger partial charge in [0.15, 0.2) is 0 Å². The van der Waals surface area contributed by atoms with Gasteiger partial charge in [-0.05, 0) is 50.6 Å². The van der Waals surface area contributed by atoms with E-state index in [1.54, 1.807) is 0 Å². The van der Waals surface area contributed by atoms with Crippen LogP contribution < -0.4 is 11.1 Å². The van der Waals surface area contributed by atoms with Gasteiger partial charge in [0.05, 0.1) is 6.04 Å². The maximum absolute atomic E-state index is 13.6. The number of nitrogens with two attached hydrogens (primary N) is 1. The van der Waals surface area contributed by atoms with Crippen LogP contribution in [-0.4, -0.2) is 64.2 Å². The topological polar surface area (TPSA) is 133 Å². The predicted molar refractivity (Wildman–Crippen MR) is 127 cm³/mol. The number of unbranched alkanes of at least 4 members (excludes halogenated alkanes) is 1. The molecular weight excluding hydrogens is 422 g/mol. The number of carboxylic acid groups (broad SMARTS) is 2. The number of carbonyl (C=O) groups excluding carboxylic acids is 1. The Morgan fingerprint density at radius 2 is 1.67 bits per heavy atom. The van der Waals surface area contributed by atoms with Crippen LogP contribution >= 0.6 is 0 Å². The van der Waals surface area contributed by atoms with E-state index in [-0.39, 0.29) is 5.91 Å². The van der Waals surface area contributed by atoms with Gasteiger partial charge < -0.3 is 20.8 Å². The average Bonchev–Trinajstić information content (AvgIpc) is 2.93. The Bertz CT molecular complexity index is 743. The minimum absolute atomic E-state index is 0.313. The van der Waals surface area contributed by atoms with Gasteiger partial charge in [0, 0.05) is 6.54 Å². The molecule has 1 unspecified atom stereocenters. The fraction of sp³-hybridized carbons (Fsp3) is 0.640. The lowest BCUT2D eigenvalue weighted by Crippen LogP contribution is -2.56. The molecule has 2 rings (SSSR count). The number of aryl methyl sites for hydroxylation is 1. The third-order valence-corrected chi connectivity index (χ3v) is 6.33. The molecule has 1 aromatic carbocycles. The van der Waals surface area contributed by atoms with Crippen LogP contribution in [0.3, 0.4) is 0 Å². The third-order valence-electron chi connectivity index (χ3n) is 6.33. The Morgan fingerprint density at radius 1 is 0.970 bits per heavy atom. The van der Waals surface area contributed by atoms with Crippen LogP contribution in [0.5, 0.6) is 0 Å². The van der Waals surface area contributed by atoms with Gasteiger partial charge in [-0.2, -0.15) is 0 Å².